The SMILES string of the molecule is O=C(O)c1cc(O)cc(-c2cccc([N+](=O)[O-])c2)c1. The van der Waals surface area contributed by atoms with Crippen molar-refractivity contribution in [3.63, 3.8) is 0 Å². The number of nitrogens with zero attached hydrogens (tertiary/aromatic N) is 1. The van der Waals surface area contributed by atoms with Gasteiger partial charge in [-0.15, -0.1) is 0 Å². The van der Waals surface area contributed by atoms with Crippen LogP contribution < -0.4 is 0 Å². The molecular weight excluding hydrogens is 250 g/mol. The number of aromatic carboxylic acids is 1. The third-order valence-electron chi connectivity index (χ3n) is 2.56. The summed E-state index contributed by atoms with van der Waals surface area (Å²) in [5.74, 6) is -1.39. The zero-order chi connectivity index (χ0) is 14.0. The molecule has 0 unspecified atom stereocenters. The number of rotatable bonds is 3. The van der Waals surface area contributed by atoms with Gasteiger partial charge in [0.1, 0.15) is 5.75 Å². The van der Waals surface area contributed by atoms with Crippen molar-refractivity contribution in [3.8, 4) is 16.9 Å². The topological polar surface area (TPSA) is 101 Å². The van der Waals surface area contributed by atoms with Crippen LogP contribution in [0.4, 0.5) is 5.69 Å². The lowest BCUT2D eigenvalue weighted by Crippen LogP contribution is -1.96. The molecule has 2 aromatic carbocycles. The van der Waals surface area contributed by atoms with Crippen molar-refractivity contribution < 1.29 is 19.9 Å². The van der Waals surface area contributed by atoms with Gasteiger partial charge in [0.15, 0.2) is 0 Å². The average molecular weight is 259 g/mol. The molecule has 0 saturated heterocycles. The van der Waals surface area contributed by atoms with Crippen molar-refractivity contribution in [3.05, 3.63) is 58.1 Å². The number of carboxylic acid groups (broad SMARTS) is 1. The van der Waals surface area contributed by atoms with Crippen LogP contribution in [0.2, 0.25) is 0 Å². The van der Waals surface area contributed by atoms with E-state index in [9.17, 15) is 20.0 Å². The molecule has 0 heterocycles. The summed E-state index contributed by atoms with van der Waals surface area (Å²) in [6.45, 7) is 0. The van der Waals surface area contributed by atoms with E-state index in [0.29, 0.717) is 11.1 Å². The number of benzene rings is 2. The fourth-order valence-electron chi connectivity index (χ4n) is 1.70. The van der Waals surface area contributed by atoms with Gasteiger partial charge in [-0.3, -0.25) is 10.1 Å². The Morgan fingerprint density at radius 3 is 2.47 bits per heavy atom. The van der Waals surface area contributed by atoms with Gasteiger partial charge < -0.3 is 10.2 Å². The normalized spacial score (nSPS) is 10.1. The van der Waals surface area contributed by atoms with Crippen molar-refractivity contribution in [1.29, 1.82) is 0 Å². The molecule has 2 N–H and O–H groups in total. The zero-order valence-electron chi connectivity index (χ0n) is 9.61. The molecule has 2 rings (SSSR count). The Morgan fingerprint density at radius 1 is 1.11 bits per heavy atom. The van der Waals surface area contributed by atoms with Crippen LogP contribution >= 0.6 is 0 Å². The Balaban J connectivity index is 2.55. The number of nitro groups is 1. The number of carbonyl (C=O) groups is 1. The summed E-state index contributed by atoms with van der Waals surface area (Å²) in [4.78, 5) is 21.0. The molecule has 6 heteroatoms. The monoisotopic (exact) mass is 259 g/mol. The molecule has 0 saturated carbocycles. The Morgan fingerprint density at radius 2 is 1.84 bits per heavy atom. The summed E-state index contributed by atoms with van der Waals surface area (Å²) < 4.78 is 0. The van der Waals surface area contributed by atoms with E-state index < -0.39 is 10.9 Å². The van der Waals surface area contributed by atoms with E-state index >= 15 is 0 Å². The predicted molar refractivity (Wildman–Crippen MR) is 67.2 cm³/mol. The van der Waals surface area contributed by atoms with E-state index in [1.165, 1.54) is 30.3 Å². The molecule has 0 aliphatic carbocycles. The summed E-state index contributed by atoms with van der Waals surface area (Å²) >= 11 is 0. The first kappa shape index (κ1) is 12.6. The molecule has 19 heavy (non-hydrogen) atoms. The van der Waals surface area contributed by atoms with Gasteiger partial charge in [0, 0.05) is 12.1 Å². The highest BCUT2D eigenvalue weighted by Crippen LogP contribution is 2.28. The maximum Gasteiger partial charge on any atom is 0.335 e. The van der Waals surface area contributed by atoms with Gasteiger partial charge in [0.2, 0.25) is 0 Å². The number of hydrogen-bond donors (Lipinski definition) is 2. The number of carboxylic acids is 1. The number of non-ortho nitro benzene ring substituents is 1. The summed E-state index contributed by atoms with van der Waals surface area (Å²) in [6, 6.07) is 9.58. The highest BCUT2D eigenvalue weighted by molar-refractivity contribution is 5.90. The van der Waals surface area contributed by atoms with Crippen LogP contribution in [0, 0.1) is 10.1 Å². The fraction of sp³-hybridized carbons (Fsp3) is 0. The van der Waals surface area contributed by atoms with Crippen molar-refractivity contribution >= 4 is 11.7 Å². The third kappa shape index (κ3) is 2.68. The first-order valence-electron chi connectivity index (χ1n) is 5.29. The summed E-state index contributed by atoms with van der Waals surface area (Å²) in [5.41, 5.74) is 0.688. The summed E-state index contributed by atoms with van der Waals surface area (Å²) in [7, 11) is 0. The first-order valence-corrected chi connectivity index (χ1v) is 5.29. The predicted octanol–water partition coefficient (Wildman–Crippen LogP) is 2.67. The Bertz CT molecular complexity index is 666. The minimum absolute atomic E-state index is 0.0819. The van der Waals surface area contributed by atoms with Gasteiger partial charge in [-0.1, -0.05) is 12.1 Å². The highest BCUT2D eigenvalue weighted by atomic mass is 16.6. The molecular formula is C13H9NO5. The minimum atomic E-state index is -1.18. The molecule has 6 nitrogen and oxygen atoms in total. The van der Waals surface area contributed by atoms with Crippen LogP contribution in [0.1, 0.15) is 10.4 Å². The third-order valence-corrected chi connectivity index (χ3v) is 2.56. The van der Waals surface area contributed by atoms with E-state index in [2.05, 4.69) is 0 Å². The van der Waals surface area contributed by atoms with Crippen LogP contribution in [-0.4, -0.2) is 21.1 Å². The highest BCUT2D eigenvalue weighted by Gasteiger charge is 2.11. The maximum absolute atomic E-state index is 10.9. The van der Waals surface area contributed by atoms with E-state index in [-0.39, 0.29) is 17.0 Å². The molecule has 0 fully saturated rings. The van der Waals surface area contributed by atoms with Crippen molar-refractivity contribution in [2.24, 2.45) is 0 Å². The van der Waals surface area contributed by atoms with Crippen LogP contribution in [0.3, 0.4) is 0 Å². The molecule has 0 radical (unpaired) electrons. The molecule has 2 aromatic rings. The van der Waals surface area contributed by atoms with E-state index in [1.54, 1.807) is 6.07 Å². The van der Waals surface area contributed by atoms with Crippen molar-refractivity contribution in [2.45, 2.75) is 0 Å². The minimum Gasteiger partial charge on any atom is -0.508 e. The molecule has 96 valence electrons. The largest absolute Gasteiger partial charge is 0.508 e. The molecule has 0 aromatic heterocycles. The van der Waals surface area contributed by atoms with Gasteiger partial charge in [-0.25, -0.2) is 4.79 Å². The maximum atomic E-state index is 10.9. The molecule has 0 amide bonds. The van der Waals surface area contributed by atoms with E-state index in [1.807, 2.05) is 0 Å². The van der Waals surface area contributed by atoms with Crippen molar-refractivity contribution in [2.75, 3.05) is 0 Å². The smallest absolute Gasteiger partial charge is 0.335 e. The standard InChI is InChI=1S/C13H9NO5/c15-12-6-9(4-10(7-12)13(16)17)8-2-1-3-11(5-8)14(18)19/h1-7,15H,(H,16,17). The summed E-state index contributed by atoms with van der Waals surface area (Å²) in [5, 5.41) is 29.1. The van der Waals surface area contributed by atoms with Gasteiger partial charge in [-0.2, -0.15) is 0 Å². The molecule has 0 spiro atoms. The number of nitro benzene ring substituents is 1. The quantitative estimate of drug-likeness (QED) is 0.651. The van der Waals surface area contributed by atoms with E-state index in [0.717, 1.165) is 6.07 Å². The van der Waals surface area contributed by atoms with Crippen molar-refractivity contribution in [1.82, 2.24) is 0 Å². The average Bonchev–Trinajstić information content (AvgIpc) is 2.38. The van der Waals surface area contributed by atoms with Gasteiger partial charge in [0.05, 0.1) is 10.5 Å². The molecule has 0 aliphatic heterocycles. The molecule has 0 aliphatic rings. The lowest BCUT2D eigenvalue weighted by molar-refractivity contribution is -0.384. The number of phenolic OH excluding ortho intramolecular Hbond substituents is 1. The van der Waals surface area contributed by atoms with E-state index in [4.69, 9.17) is 5.11 Å². The molecule has 0 bridgehead atoms. The molecule has 0 atom stereocenters. The van der Waals surface area contributed by atoms with Gasteiger partial charge >= 0.3 is 5.97 Å². The summed E-state index contributed by atoms with van der Waals surface area (Å²) in [6.07, 6.45) is 0. The number of phenols is 1. The second kappa shape index (κ2) is 4.77. The van der Waals surface area contributed by atoms with Crippen LogP contribution in [0.25, 0.3) is 11.1 Å². The fourth-order valence-corrected chi connectivity index (χ4v) is 1.70. The lowest BCUT2D eigenvalue weighted by Gasteiger charge is -2.04. The zero-order valence-corrected chi connectivity index (χ0v) is 9.61. The Labute approximate surface area is 107 Å². The van der Waals surface area contributed by atoms with Crippen LogP contribution in [-0.2, 0) is 0 Å². The van der Waals surface area contributed by atoms with Crippen LogP contribution in [0.5, 0.6) is 5.75 Å². The second-order valence-corrected chi connectivity index (χ2v) is 3.88. The Hall–Kier alpha value is -2.89. The first-order chi connectivity index (χ1) is 8.97. The lowest BCUT2D eigenvalue weighted by atomic mass is 10.0. The van der Waals surface area contributed by atoms with Crippen LogP contribution in [0.15, 0.2) is 42.5 Å². The Kier molecular flexibility index (Phi) is 3.15. The second-order valence-electron chi connectivity index (χ2n) is 3.88. The van der Waals surface area contributed by atoms with Gasteiger partial charge in [0.25, 0.3) is 5.69 Å². The number of hydrogen-bond acceptors (Lipinski definition) is 4. The van der Waals surface area contributed by atoms with Gasteiger partial charge in [-0.05, 0) is 29.3 Å². The number of aromatic hydroxyl groups is 1.